The molecule has 2 aromatic rings. The molecule has 124 valence electrons. The van der Waals surface area contributed by atoms with E-state index in [4.69, 9.17) is 4.42 Å². The van der Waals surface area contributed by atoms with Crippen molar-refractivity contribution in [3.63, 3.8) is 0 Å². The summed E-state index contributed by atoms with van der Waals surface area (Å²) in [5, 5.41) is 2.94. The number of anilines is 1. The van der Waals surface area contributed by atoms with Crippen molar-refractivity contribution in [1.82, 2.24) is 4.90 Å². The van der Waals surface area contributed by atoms with Gasteiger partial charge in [-0.1, -0.05) is 0 Å². The van der Waals surface area contributed by atoms with E-state index in [-0.39, 0.29) is 17.7 Å². The molecule has 0 unspecified atom stereocenters. The van der Waals surface area contributed by atoms with E-state index >= 15 is 0 Å². The van der Waals surface area contributed by atoms with E-state index in [0.717, 1.165) is 47.6 Å². The molecule has 0 saturated heterocycles. The van der Waals surface area contributed by atoms with E-state index < -0.39 is 0 Å². The molecule has 5 nitrogen and oxygen atoms in total. The molecule has 1 aliphatic carbocycles. The molecule has 1 aromatic carbocycles. The maximum absolute atomic E-state index is 11.8. The van der Waals surface area contributed by atoms with Crippen molar-refractivity contribution in [2.24, 2.45) is 5.92 Å². The number of hydrogen-bond acceptors (Lipinski definition) is 3. The van der Waals surface area contributed by atoms with Gasteiger partial charge >= 0.3 is 0 Å². The van der Waals surface area contributed by atoms with Crippen molar-refractivity contribution in [3.8, 4) is 11.3 Å². The van der Waals surface area contributed by atoms with Crippen LogP contribution in [0.3, 0.4) is 0 Å². The molecule has 1 fully saturated rings. The number of benzene rings is 1. The molecule has 2 aliphatic rings. The van der Waals surface area contributed by atoms with Crippen LogP contribution in [0.2, 0.25) is 0 Å². The monoisotopic (exact) mass is 324 g/mol. The summed E-state index contributed by atoms with van der Waals surface area (Å²) in [6.45, 7) is 2.92. The topological polar surface area (TPSA) is 62.6 Å². The number of nitrogens with zero attached hydrogens (tertiary/aromatic N) is 1. The number of amides is 2. The largest absolute Gasteiger partial charge is 0.461 e. The number of carbonyl (C=O) groups excluding carboxylic acids is 2. The Hall–Kier alpha value is -2.56. The third-order valence-corrected chi connectivity index (χ3v) is 4.70. The van der Waals surface area contributed by atoms with Crippen molar-refractivity contribution < 1.29 is 14.0 Å². The van der Waals surface area contributed by atoms with Gasteiger partial charge in [0.2, 0.25) is 11.8 Å². The zero-order valence-electron chi connectivity index (χ0n) is 13.7. The first-order valence-corrected chi connectivity index (χ1v) is 8.38. The molecule has 2 amide bonds. The van der Waals surface area contributed by atoms with E-state index in [1.165, 1.54) is 0 Å². The molecule has 1 aromatic heterocycles. The Labute approximate surface area is 140 Å². The molecule has 1 saturated carbocycles. The summed E-state index contributed by atoms with van der Waals surface area (Å²) < 4.78 is 5.96. The highest BCUT2D eigenvalue weighted by Gasteiger charge is 2.29. The predicted molar refractivity (Wildman–Crippen MR) is 90.3 cm³/mol. The summed E-state index contributed by atoms with van der Waals surface area (Å²) in [5.41, 5.74) is 2.87. The van der Waals surface area contributed by atoms with Crippen molar-refractivity contribution in [1.29, 1.82) is 0 Å². The van der Waals surface area contributed by atoms with Crippen LogP contribution in [0.15, 0.2) is 34.7 Å². The van der Waals surface area contributed by atoms with Crippen LogP contribution >= 0.6 is 0 Å². The van der Waals surface area contributed by atoms with Crippen LogP contribution in [0, 0.1) is 5.92 Å². The molecule has 0 atom stereocenters. The Morgan fingerprint density at radius 3 is 2.62 bits per heavy atom. The van der Waals surface area contributed by atoms with Gasteiger partial charge in [0.25, 0.3) is 0 Å². The van der Waals surface area contributed by atoms with Crippen LogP contribution in [0.4, 0.5) is 5.69 Å². The maximum atomic E-state index is 11.8. The molecular weight excluding hydrogens is 304 g/mol. The fourth-order valence-electron chi connectivity index (χ4n) is 3.05. The Morgan fingerprint density at radius 1 is 1.21 bits per heavy atom. The smallest absolute Gasteiger partial charge is 0.227 e. The number of hydrogen-bond donors (Lipinski definition) is 1. The Balaban J connectivity index is 1.50. The Bertz CT molecular complexity index is 787. The van der Waals surface area contributed by atoms with Gasteiger partial charge in [-0.05, 0) is 43.2 Å². The van der Waals surface area contributed by atoms with Gasteiger partial charge in [0, 0.05) is 49.2 Å². The number of nitrogens with one attached hydrogen (secondary N) is 1. The minimum atomic E-state index is 0.0964. The normalized spacial score (nSPS) is 16.6. The number of carbonyl (C=O) groups is 2. The van der Waals surface area contributed by atoms with E-state index in [9.17, 15) is 9.59 Å². The van der Waals surface area contributed by atoms with Crippen molar-refractivity contribution in [2.75, 3.05) is 11.9 Å². The lowest BCUT2D eigenvalue weighted by Gasteiger charge is -2.24. The predicted octanol–water partition coefficient (Wildman–Crippen LogP) is 3.20. The van der Waals surface area contributed by atoms with Gasteiger partial charge in [-0.15, -0.1) is 0 Å². The Kier molecular flexibility index (Phi) is 3.63. The van der Waals surface area contributed by atoms with Crippen molar-refractivity contribution in [3.05, 3.63) is 41.7 Å². The van der Waals surface area contributed by atoms with Crippen LogP contribution < -0.4 is 5.32 Å². The van der Waals surface area contributed by atoms with Crippen LogP contribution in [-0.2, 0) is 22.6 Å². The van der Waals surface area contributed by atoms with Gasteiger partial charge in [0.05, 0.1) is 0 Å². The second-order valence-corrected chi connectivity index (χ2v) is 6.59. The highest BCUT2D eigenvalue weighted by atomic mass is 16.3. The SMILES string of the molecule is CC(=O)N1CCc2oc(-c3ccc(NC(=O)C4CC4)cc3)cc2C1. The molecule has 0 radical (unpaired) electrons. The third-order valence-electron chi connectivity index (χ3n) is 4.70. The molecule has 4 rings (SSSR count). The lowest BCUT2D eigenvalue weighted by atomic mass is 10.1. The summed E-state index contributed by atoms with van der Waals surface area (Å²) in [7, 11) is 0. The maximum Gasteiger partial charge on any atom is 0.227 e. The van der Waals surface area contributed by atoms with Gasteiger partial charge in [-0.25, -0.2) is 0 Å². The summed E-state index contributed by atoms with van der Waals surface area (Å²) in [5.74, 6) is 2.18. The molecular formula is C19H20N2O3. The lowest BCUT2D eigenvalue weighted by molar-refractivity contribution is -0.129. The summed E-state index contributed by atoms with van der Waals surface area (Å²) in [6.07, 6.45) is 2.75. The molecule has 1 aliphatic heterocycles. The minimum Gasteiger partial charge on any atom is -0.461 e. The molecule has 24 heavy (non-hydrogen) atoms. The zero-order chi connectivity index (χ0) is 16.7. The van der Waals surface area contributed by atoms with Crippen LogP contribution in [0.5, 0.6) is 0 Å². The standard InChI is InChI=1S/C19H20N2O3/c1-12(22)21-9-8-17-15(11-21)10-18(24-17)13-4-6-16(7-5-13)20-19(23)14-2-3-14/h4-7,10,14H,2-3,8-9,11H2,1H3,(H,20,23). The minimum absolute atomic E-state index is 0.0964. The number of fused-ring (bicyclic) bond motifs is 1. The van der Waals surface area contributed by atoms with Gasteiger partial charge < -0.3 is 14.6 Å². The van der Waals surface area contributed by atoms with Gasteiger partial charge in [0.1, 0.15) is 11.5 Å². The molecule has 0 bridgehead atoms. The van der Waals surface area contributed by atoms with Crippen LogP contribution in [0.25, 0.3) is 11.3 Å². The van der Waals surface area contributed by atoms with E-state index in [1.807, 2.05) is 35.2 Å². The Morgan fingerprint density at radius 2 is 1.96 bits per heavy atom. The van der Waals surface area contributed by atoms with Gasteiger partial charge in [-0.2, -0.15) is 0 Å². The first kappa shape index (κ1) is 15.0. The highest BCUT2D eigenvalue weighted by molar-refractivity contribution is 5.94. The average Bonchev–Trinajstić information content (AvgIpc) is 3.34. The lowest BCUT2D eigenvalue weighted by Crippen LogP contribution is -2.33. The van der Waals surface area contributed by atoms with Crippen LogP contribution in [-0.4, -0.2) is 23.3 Å². The first-order chi connectivity index (χ1) is 11.6. The third kappa shape index (κ3) is 2.94. The fourth-order valence-corrected chi connectivity index (χ4v) is 3.05. The van der Waals surface area contributed by atoms with E-state index in [0.29, 0.717) is 13.1 Å². The van der Waals surface area contributed by atoms with Crippen molar-refractivity contribution >= 4 is 17.5 Å². The van der Waals surface area contributed by atoms with Crippen molar-refractivity contribution in [2.45, 2.75) is 32.7 Å². The van der Waals surface area contributed by atoms with E-state index in [1.54, 1.807) is 6.92 Å². The summed E-state index contributed by atoms with van der Waals surface area (Å²) >= 11 is 0. The quantitative estimate of drug-likeness (QED) is 0.943. The number of rotatable bonds is 3. The fraction of sp³-hybridized carbons (Fsp3) is 0.368. The van der Waals surface area contributed by atoms with E-state index in [2.05, 4.69) is 5.32 Å². The van der Waals surface area contributed by atoms with Gasteiger partial charge in [-0.3, -0.25) is 9.59 Å². The van der Waals surface area contributed by atoms with Crippen LogP contribution in [0.1, 0.15) is 31.1 Å². The highest BCUT2D eigenvalue weighted by Crippen LogP contribution is 2.32. The number of furan rings is 1. The summed E-state index contributed by atoms with van der Waals surface area (Å²) in [6, 6.07) is 9.73. The molecule has 5 heteroatoms. The summed E-state index contributed by atoms with van der Waals surface area (Å²) in [4.78, 5) is 25.1. The molecule has 0 spiro atoms. The second-order valence-electron chi connectivity index (χ2n) is 6.59. The average molecular weight is 324 g/mol. The van der Waals surface area contributed by atoms with Gasteiger partial charge in [0.15, 0.2) is 0 Å². The molecule has 2 heterocycles. The zero-order valence-corrected chi connectivity index (χ0v) is 13.7. The first-order valence-electron chi connectivity index (χ1n) is 8.38. The molecule has 1 N–H and O–H groups in total. The second kappa shape index (κ2) is 5.82.